The number of H-pyrrole nitrogens is 1. The number of nitrogens with zero attached hydrogens (tertiary/aromatic N) is 2. The number of benzene rings is 1. The number of nitrogens with one attached hydrogen (secondary N) is 1. The Labute approximate surface area is 159 Å². The van der Waals surface area contributed by atoms with Crippen molar-refractivity contribution in [3.8, 4) is 11.3 Å². The van der Waals surface area contributed by atoms with Crippen molar-refractivity contribution in [3.63, 3.8) is 0 Å². The van der Waals surface area contributed by atoms with Gasteiger partial charge in [-0.2, -0.15) is 5.10 Å². The summed E-state index contributed by atoms with van der Waals surface area (Å²) >= 11 is 5.28. The summed E-state index contributed by atoms with van der Waals surface area (Å²) in [6, 6.07) is 14.4. The van der Waals surface area contributed by atoms with E-state index in [1.54, 1.807) is 11.3 Å². The van der Waals surface area contributed by atoms with E-state index >= 15 is 0 Å². The molecule has 1 unspecified atom stereocenters. The second-order valence-electron chi connectivity index (χ2n) is 6.26. The van der Waals surface area contributed by atoms with E-state index in [1.807, 2.05) is 41.3 Å². The molecule has 1 amide bonds. The first-order valence-electron chi connectivity index (χ1n) is 8.32. The van der Waals surface area contributed by atoms with Crippen LogP contribution in [0.5, 0.6) is 0 Å². The van der Waals surface area contributed by atoms with Gasteiger partial charge in [0.25, 0.3) is 5.91 Å². The van der Waals surface area contributed by atoms with Crippen LogP contribution in [0.15, 0.2) is 52.3 Å². The number of halogens is 1. The Bertz CT molecular complexity index is 871. The molecule has 6 heteroatoms. The van der Waals surface area contributed by atoms with Crippen molar-refractivity contribution in [2.75, 3.05) is 0 Å². The van der Waals surface area contributed by atoms with Gasteiger partial charge in [0.2, 0.25) is 0 Å². The van der Waals surface area contributed by atoms with Crippen LogP contribution in [0.3, 0.4) is 0 Å². The highest BCUT2D eigenvalue weighted by Gasteiger charge is 2.38. The number of hydrogen-bond donors (Lipinski definition) is 1. The number of thiophene rings is 1. The molecule has 1 atom stereocenters. The molecule has 1 aliphatic rings. The fraction of sp³-hybridized carbons (Fsp3) is 0.263. The molecule has 128 valence electrons. The van der Waals surface area contributed by atoms with Crippen LogP contribution in [-0.2, 0) is 0 Å². The smallest absolute Gasteiger partial charge is 0.273 e. The van der Waals surface area contributed by atoms with Crippen molar-refractivity contribution in [1.29, 1.82) is 0 Å². The highest BCUT2D eigenvalue weighted by Crippen LogP contribution is 2.38. The maximum Gasteiger partial charge on any atom is 0.273 e. The Kier molecular flexibility index (Phi) is 4.48. The summed E-state index contributed by atoms with van der Waals surface area (Å²) in [6.07, 6.45) is 2.14. The second kappa shape index (κ2) is 6.77. The lowest BCUT2D eigenvalue weighted by Gasteiger charge is -2.28. The van der Waals surface area contributed by atoms with E-state index < -0.39 is 0 Å². The molecule has 2 heterocycles. The van der Waals surface area contributed by atoms with Crippen molar-refractivity contribution >= 4 is 33.2 Å². The molecule has 2 aromatic heterocycles. The van der Waals surface area contributed by atoms with Gasteiger partial charge in [0.15, 0.2) is 0 Å². The summed E-state index contributed by atoms with van der Waals surface area (Å²) in [6.45, 7) is 2.10. The van der Waals surface area contributed by atoms with Crippen molar-refractivity contribution < 1.29 is 4.79 Å². The van der Waals surface area contributed by atoms with Gasteiger partial charge in [-0.3, -0.25) is 9.89 Å². The second-order valence-corrected chi connectivity index (χ2v) is 8.03. The summed E-state index contributed by atoms with van der Waals surface area (Å²) < 4.78 is 0.729. The van der Waals surface area contributed by atoms with E-state index in [9.17, 15) is 4.79 Å². The molecule has 3 aromatic rings. The molecule has 4 nitrogen and oxygen atoms in total. The van der Waals surface area contributed by atoms with Gasteiger partial charge in [-0.1, -0.05) is 36.4 Å². The lowest BCUT2D eigenvalue weighted by molar-refractivity contribution is 0.0670. The summed E-state index contributed by atoms with van der Waals surface area (Å²) in [7, 11) is 0. The van der Waals surface area contributed by atoms with Gasteiger partial charge in [-0.05, 0) is 47.1 Å². The maximum absolute atomic E-state index is 13.3. The lowest BCUT2D eigenvalue weighted by atomic mass is 10.1. The van der Waals surface area contributed by atoms with Gasteiger partial charge in [0.05, 0.1) is 10.5 Å². The third-order valence-corrected chi connectivity index (χ3v) is 6.33. The largest absolute Gasteiger partial charge is 0.327 e. The van der Waals surface area contributed by atoms with Crippen molar-refractivity contribution in [1.82, 2.24) is 15.1 Å². The molecule has 0 bridgehead atoms. The van der Waals surface area contributed by atoms with Crippen LogP contribution in [0.2, 0.25) is 0 Å². The molecule has 1 N–H and O–H groups in total. The predicted molar refractivity (Wildman–Crippen MR) is 104 cm³/mol. The first-order valence-corrected chi connectivity index (χ1v) is 9.99. The van der Waals surface area contributed by atoms with E-state index in [4.69, 9.17) is 0 Å². The van der Waals surface area contributed by atoms with Crippen molar-refractivity contribution in [2.45, 2.75) is 31.8 Å². The highest BCUT2D eigenvalue weighted by atomic mass is 79.9. The van der Waals surface area contributed by atoms with Crippen molar-refractivity contribution in [3.05, 3.63) is 62.9 Å². The molecule has 1 aliphatic carbocycles. The molecule has 0 radical (unpaired) electrons. The normalized spacial score (nSPS) is 15.1. The van der Waals surface area contributed by atoms with E-state index in [2.05, 4.69) is 44.5 Å². The summed E-state index contributed by atoms with van der Waals surface area (Å²) in [5.41, 5.74) is 2.27. The van der Waals surface area contributed by atoms with Crippen LogP contribution >= 0.6 is 27.3 Å². The Morgan fingerprint density at radius 3 is 2.68 bits per heavy atom. The molecule has 0 saturated heterocycles. The molecule has 1 aromatic carbocycles. The third-order valence-electron chi connectivity index (χ3n) is 4.51. The zero-order valence-electron chi connectivity index (χ0n) is 13.8. The Hall–Kier alpha value is -1.92. The Balaban J connectivity index is 1.66. The van der Waals surface area contributed by atoms with Crippen molar-refractivity contribution in [2.24, 2.45) is 0 Å². The average molecular weight is 416 g/mol. The topological polar surface area (TPSA) is 49.0 Å². The van der Waals surface area contributed by atoms with Gasteiger partial charge >= 0.3 is 0 Å². The Morgan fingerprint density at radius 1 is 1.28 bits per heavy atom. The number of carbonyl (C=O) groups excluding carboxylic acids is 1. The molecular formula is C19H18BrN3OS. The molecule has 1 fully saturated rings. The molecular weight excluding hydrogens is 398 g/mol. The fourth-order valence-electron chi connectivity index (χ4n) is 3.06. The monoisotopic (exact) mass is 415 g/mol. The zero-order valence-corrected chi connectivity index (χ0v) is 16.2. The molecule has 0 aliphatic heterocycles. The summed E-state index contributed by atoms with van der Waals surface area (Å²) in [4.78, 5) is 16.5. The molecule has 25 heavy (non-hydrogen) atoms. The number of rotatable bonds is 5. The van der Waals surface area contributed by atoms with E-state index in [-0.39, 0.29) is 11.9 Å². The number of hydrogen-bond acceptors (Lipinski definition) is 3. The average Bonchev–Trinajstić information content (AvgIpc) is 3.16. The first-order chi connectivity index (χ1) is 12.2. The van der Waals surface area contributed by atoms with E-state index in [0.29, 0.717) is 11.7 Å². The first kappa shape index (κ1) is 16.5. The van der Waals surface area contributed by atoms with E-state index in [1.165, 1.54) is 4.88 Å². The zero-order chi connectivity index (χ0) is 17.4. The molecule has 1 saturated carbocycles. The number of amides is 1. The highest BCUT2D eigenvalue weighted by molar-refractivity contribution is 9.10. The third kappa shape index (κ3) is 3.16. The van der Waals surface area contributed by atoms with Gasteiger partial charge in [0, 0.05) is 16.5 Å². The SMILES string of the molecule is CC(c1cccs1)N(C(=O)c1[nH]nc(-c2ccccc2)c1Br)C1CC1. The Morgan fingerprint density at radius 2 is 2.04 bits per heavy atom. The number of carbonyl (C=O) groups is 1. The minimum atomic E-state index is 0.00459. The van der Waals surface area contributed by atoms with Gasteiger partial charge in [-0.25, -0.2) is 0 Å². The summed E-state index contributed by atoms with van der Waals surface area (Å²) in [5, 5.41) is 9.38. The standard InChI is InChI=1S/C19H18BrN3OS/c1-12(15-8-5-11-25-15)23(14-9-10-14)19(24)18-16(20)17(21-22-18)13-6-3-2-4-7-13/h2-8,11-12,14H,9-10H2,1H3,(H,21,22). The number of aromatic nitrogens is 2. The summed E-state index contributed by atoms with van der Waals surface area (Å²) in [5.74, 6) is 0.00459. The van der Waals surface area contributed by atoms with Gasteiger partial charge < -0.3 is 4.90 Å². The fourth-order valence-corrected chi connectivity index (χ4v) is 4.42. The molecule has 4 rings (SSSR count). The maximum atomic E-state index is 13.3. The lowest BCUT2D eigenvalue weighted by Crippen LogP contribution is -2.35. The van der Waals surface area contributed by atoms with Crippen LogP contribution in [-0.4, -0.2) is 27.0 Å². The van der Waals surface area contributed by atoms with Crippen LogP contribution < -0.4 is 0 Å². The van der Waals surface area contributed by atoms with Crippen LogP contribution in [0.25, 0.3) is 11.3 Å². The van der Waals surface area contributed by atoms with E-state index in [0.717, 1.165) is 28.6 Å². The van der Waals surface area contributed by atoms with Crippen LogP contribution in [0, 0.1) is 0 Å². The number of aromatic amines is 1. The van der Waals surface area contributed by atoms with Crippen LogP contribution in [0.4, 0.5) is 0 Å². The quantitative estimate of drug-likeness (QED) is 0.616. The van der Waals surface area contributed by atoms with Gasteiger partial charge in [-0.15, -0.1) is 11.3 Å². The van der Waals surface area contributed by atoms with Gasteiger partial charge in [0.1, 0.15) is 11.4 Å². The minimum Gasteiger partial charge on any atom is -0.327 e. The van der Waals surface area contributed by atoms with Crippen LogP contribution in [0.1, 0.15) is 41.2 Å². The minimum absolute atomic E-state index is 0.00459. The predicted octanol–water partition coefficient (Wildman–Crippen LogP) is 5.27. The molecule has 0 spiro atoms.